The standard InChI is InChI=1S/C10H18O/c1-3-5-6-7-8-9-10-11-4-2/h4,6-7H,2-3,5,8-10H2,1H3. The van der Waals surface area contributed by atoms with Crippen LogP contribution in [0.2, 0.25) is 0 Å². The Morgan fingerprint density at radius 2 is 2.00 bits per heavy atom. The normalized spacial score (nSPS) is 10.3. The Kier molecular flexibility index (Phi) is 8.67. The molecule has 0 N–H and O–H groups in total. The maximum Gasteiger partial charge on any atom is 0.0875 e. The highest BCUT2D eigenvalue weighted by atomic mass is 16.5. The lowest BCUT2D eigenvalue weighted by Crippen LogP contribution is -1.84. The molecule has 1 heteroatoms. The monoisotopic (exact) mass is 154 g/mol. The summed E-state index contributed by atoms with van der Waals surface area (Å²) in [7, 11) is 0. The Hall–Kier alpha value is -0.720. The Morgan fingerprint density at radius 3 is 2.64 bits per heavy atom. The smallest absolute Gasteiger partial charge is 0.0875 e. The van der Waals surface area contributed by atoms with Crippen LogP contribution in [0.3, 0.4) is 0 Å². The summed E-state index contributed by atoms with van der Waals surface area (Å²) in [5, 5.41) is 0. The summed E-state index contributed by atoms with van der Waals surface area (Å²) in [4.78, 5) is 0. The lowest BCUT2D eigenvalue weighted by Gasteiger charge is -1.95. The first-order chi connectivity index (χ1) is 5.41. The Morgan fingerprint density at radius 1 is 1.27 bits per heavy atom. The molecule has 64 valence electrons. The molecule has 0 aromatic carbocycles. The van der Waals surface area contributed by atoms with Gasteiger partial charge in [-0.15, -0.1) is 0 Å². The van der Waals surface area contributed by atoms with Crippen LogP contribution >= 0.6 is 0 Å². The molecule has 0 aliphatic rings. The molecule has 0 atom stereocenters. The van der Waals surface area contributed by atoms with Gasteiger partial charge in [0.25, 0.3) is 0 Å². The lowest BCUT2D eigenvalue weighted by molar-refractivity contribution is 0.247. The molecule has 11 heavy (non-hydrogen) atoms. The van der Waals surface area contributed by atoms with E-state index in [1.807, 2.05) is 0 Å². The van der Waals surface area contributed by atoms with Crippen LogP contribution in [-0.2, 0) is 4.74 Å². The van der Waals surface area contributed by atoms with Crippen molar-refractivity contribution in [1.29, 1.82) is 0 Å². The topological polar surface area (TPSA) is 9.23 Å². The average molecular weight is 154 g/mol. The summed E-state index contributed by atoms with van der Waals surface area (Å²) in [5.74, 6) is 0. The molecule has 0 heterocycles. The first-order valence-electron chi connectivity index (χ1n) is 4.29. The van der Waals surface area contributed by atoms with Crippen molar-refractivity contribution in [3.05, 3.63) is 25.0 Å². The molecule has 0 spiro atoms. The second-order valence-electron chi connectivity index (χ2n) is 2.44. The molecule has 0 aliphatic carbocycles. The van der Waals surface area contributed by atoms with Gasteiger partial charge in [0.1, 0.15) is 0 Å². The van der Waals surface area contributed by atoms with E-state index in [1.54, 1.807) is 0 Å². The second kappa shape index (κ2) is 9.28. The van der Waals surface area contributed by atoms with Crippen LogP contribution in [0.4, 0.5) is 0 Å². The highest BCUT2D eigenvalue weighted by molar-refractivity contribution is 4.80. The van der Waals surface area contributed by atoms with Crippen molar-refractivity contribution in [2.75, 3.05) is 6.61 Å². The van der Waals surface area contributed by atoms with E-state index in [0.717, 1.165) is 19.4 Å². The van der Waals surface area contributed by atoms with Gasteiger partial charge in [0.15, 0.2) is 0 Å². The van der Waals surface area contributed by atoms with Crippen molar-refractivity contribution in [3.63, 3.8) is 0 Å². The number of hydrogen-bond acceptors (Lipinski definition) is 1. The molecule has 0 radical (unpaired) electrons. The minimum Gasteiger partial charge on any atom is -0.502 e. The number of hydrogen-bond donors (Lipinski definition) is 0. The third-order valence-corrected chi connectivity index (χ3v) is 1.37. The van der Waals surface area contributed by atoms with Gasteiger partial charge in [0.2, 0.25) is 0 Å². The van der Waals surface area contributed by atoms with Crippen molar-refractivity contribution in [2.45, 2.75) is 32.6 Å². The van der Waals surface area contributed by atoms with Gasteiger partial charge >= 0.3 is 0 Å². The SMILES string of the molecule is C=COCCCC=CCCC. The molecular formula is C10H18O. The number of rotatable bonds is 7. The summed E-state index contributed by atoms with van der Waals surface area (Å²) in [5.41, 5.74) is 0. The summed E-state index contributed by atoms with van der Waals surface area (Å²) in [6.07, 6.45) is 10.6. The van der Waals surface area contributed by atoms with E-state index in [4.69, 9.17) is 4.74 Å². The van der Waals surface area contributed by atoms with Crippen molar-refractivity contribution in [1.82, 2.24) is 0 Å². The van der Waals surface area contributed by atoms with E-state index < -0.39 is 0 Å². The van der Waals surface area contributed by atoms with Gasteiger partial charge < -0.3 is 4.74 Å². The molecule has 1 nitrogen and oxygen atoms in total. The van der Waals surface area contributed by atoms with Gasteiger partial charge in [-0.3, -0.25) is 0 Å². The van der Waals surface area contributed by atoms with Crippen LogP contribution in [0.25, 0.3) is 0 Å². The van der Waals surface area contributed by atoms with Crippen LogP contribution in [0.5, 0.6) is 0 Å². The minimum atomic E-state index is 0.792. The highest BCUT2D eigenvalue weighted by Gasteiger charge is 1.81. The molecule has 0 aromatic heterocycles. The van der Waals surface area contributed by atoms with Gasteiger partial charge in [-0.2, -0.15) is 0 Å². The Bertz CT molecular complexity index is 105. The van der Waals surface area contributed by atoms with E-state index in [1.165, 1.54) is 19.1 Å². The largest absolute Gasteiger partial charge is 0.502 e. The van der Waals surface area contributed by atoms with Gasteiger partial charge in [0, 0.05) is 0 Å². The summed E-state index contributed by atoms with van der Waals surface area (Å²) < 4.78 is 4.97. The Balaban J connectivity index is 2.94. The third kappa shape index (κ3) is 9.28. The summed E-state index contributed by atoms with van der Waals surface area (Å²) in [6.45, 7) is 6.44. The van der Waals surface area contributed by atoms with E-state index in [-0.39, 0.29) is 0 Å². The van der Waals surface area contributed by atoms with Crippen LogP contribution in [-0.4, -0.2) is 6.61 Å². The average Bonchev–Trinajstić information content (AvgIpc) is 2.03. The van der Waals surface area contributed by atoms with E-state index in [9.17, 15) is 0 Å². The maximum absolute atomic E-state index is 4.97. The van der Waals surface area contributed by atoms with E-state index in [0.29, 0.717) is 0 Å². The van der Waals surface area contributed by atoms with Crippen molar-refractivity contribution < 1.29 is 4.74 Å². The number of unbranched alkanes of at least 4 members (excludes halogenated alkanes) is 2. The molecule has 0 fully saturated rings. The zero-order chi connectivity index (χ0) is 8.36. The molecule has 0 unspecified atom stereocenters. The predicted molar refractivity (Wildman–Crippen MR) is 49.4 cm³/mol. The molecular weight excluding hydrogens is 136 g/mol. The Labute approximate surface area is 69.8 Å². The van der Waals surface area contributed by atoms with Crippen LogP contribution in [0, 0.1) is 0 Å². The zero-order valence-corrected chi connectivity index (χ0v) is 7.38. The number of allylic oxidation sites excluding steroid dienone is 2. The zero-order valence-electron chi connectivity index (χ0n) is 7.38. The molecule has 0 amide bonds. The molecule has 0 rings (SSSR count). The lowest BCUT2D eigenvalue weighted by atomic mass is 10.2. The van der Waals surface area contributed by atoms with Gasteiger partial charge in [-0.25, -0.2) is 0 Å². The van der Waals surface area contributed by atoms with E-state index >= 15 is 0 Å². The second-order valence-corrected chi connectivity index (χ2v) is 2.44. The molecule has 0 aromatic rings. The fourth-order valence-electron chi connectivity index (χ4n) is 0.770. The molecule has 0 bridgehead atoms. The summed E-state index contributed by atoms with van der Waals surface area (Å²) in [6, 6.07) is 0. The van der Waals surface area contributed by atoms with E-state index in [2.05, 4.69) is 25.7 Å². The van der Waals surface area contributed by atoms with Crippen molar-refractivity contribution in [3.8, 4) is 0 Å². The molecule has 0 saturated carbocycles. The van der Waals surface area contributed by atoms with Crippen LogP contribution in [0.15, 0.2) is 25.0 Å². The van der Waals surface area contributed by atoms with Crippen LogP contribution < -0.4 is 0 Å². The molecule has 0 saturated heterocycles. The van der Waals surface area contributed by atoms with Crippen molar-refractivity contribution in [2.24, 2.45) is 0 Å². The fourth-order valence-corrected chi connectivity index (χ4v) is 0.770. The first-order valence-corrected chi connectivity index (χ1v) is 4.29. The van der Waals surface area contributed by atoms with Gasteiger partial charge in [-0.1, -0.05) is 32.1 Å². The maximum atomic E-state index is 4.97. The quantitative estimate of drug-likeness (QED) is 0.310. The molecule has 0 aliphatic heterocycles. The van der Waals surface area contributed by atoms with Gasteiger partial charge in [-0.05, 0) is 19.3 Å². The van der Waals surface area contributed by atoms with Crippen LogP contribution in [0.1, 0.15) is 32.6 Å². The predicted octanol–water partition coefficient (Wildman–Crippen LogP) is 3.28. The minimum absolute atomic E-state index is 0.792. The summed E-state index contributed by atoms with van der Waals surface area (Å²) >= 11 is 0. The highest BCUT2D eigenvalue weighted by Crippen LogP contribution is 1.95. The van der Waals surface area contributed by atoms with Crippen molar-refractivity contribution >= 4 is 0 Å². The van der Waals surface area contributed by atoms with Gasteiger partial charge in [0.05, 0.1) is 12.9 Å². The first kappa shape index (κ1) is 10.3. The number of ether oxygens (including phenoxy) is 1. The fraction of sp³-hybridized carbons (Fsp3) is 0.600. The third-order valence-electron chi connectivity index (χ3n) is 1.37.